The number of carbonyl (C=O) groups is 2. The van der Waals surface area contributed by atoms with Crippen LogP contribution in [0.15, 0.2) is 54.6 Å². The molecule has 1 saturated heterocycles. The summed E-state index contributed by atoms with van der Waals surface area (Å²) >= 11 is 5.27. The lowest BCUT2D eigenvalue weighted by Crippen LogP contribution is -2.47. The minimum absolute atomic E-state index is 0.0420. The van der Waals surface area contributed by atoms with Gasteiger partial charge in [0.25, 0.3) is 5.91 Å². The first-order valence-electron chi connectivity index (χ1n) is 9.86. The molecular weight excluding hydrogens is 396 g/mol. The second kappa shape index (κ2) is 10.1. The molecule has 0 atom stereocenters. The number of hydrogen-bond acceptors (Lipinski definition) is 4. The second-order valence-corrected chi connectivity index (χ2v) is 7.74. The molecule has 6 nitrogen and oxygen atoms in total. The molecule has 1 aliphatic rings. The molecule has 0 aromatic heterocycles. The molecule has 2 aromatic rings. The number of para-hydroxylation sites is 1. The van der Waals surface area contributed by atoms with Gasteiger partial charge in [0.1, 0.15) is 0 Å². The lowest BCUT2D eigenvalue weighted by molar-refractivity contribution is -0.115. The van der Waals surface area contributed by atoms with E-state index in [1.165, 1.54) is 6.08 Å². The monoisotopic (exact) mass is 422 g/mol. The molecular formula is C23H26N4O2S. The van der Waals surface area contributed by atoms with Crippen LogP contribution >= 0.6 is 12.2 Å². The van der Waals surface area contributed by atoms with Gasteiger partial charge in [0, 0.05) is 32.3 Å². The fourth-order valence-electron chi connectivity index (χ4n) is 3.12. The highest BCUT2D eigenvalue weighted by atomic mass is 32.1. The fourth-order valence-corrected chi connectivity index (χ4v) is 3.33. The molecule has 3 rings (SSSR count). The Bertz CT molecular complexity index is 948. The molecule has 1 heterocycles. The van der Waals surface area contributed by atoms with Gasteiger partial charge in [-0.25, -0.2) is 0 Å². The first-order valence-corrected chi connectivity index (χ1v) is 10.3. The van der Waals surface area contributed by atoms with E-state index < -0.39 is 0 Å². The van der Waals surface area contributed by atoms with Crippen LogP contribution in [0.5, 0.6) is 0 Å². The minimum atomic E-state index is -0.337. The van der Waals surface area contributed by atoms with Crippen LogP contribution in [0.25, 0.3) is 6.08 Å². The van der Waals surface area contributed by atoms with Gasteiger partial charge in [-0.3, -0.25) is 14.9 Å². The van der Waals surface area contributed by atoms with Crippen LogP contribution in [0.1, 0.15) is 21.5 Å². The molecule has 0 unspecified atom stereocenters. The Labute approximate surface area is 182 Å². The fraction of sp³-hybridized carbons (Fsp3) is 0.261. The Morgan fingerprint density at radius 2 is 1.67 bits per heavy atom. The zero-order valence-electron chi connectivity index (χ0n) is 17.2. The van der Waals surface area contributed by atoms with Crippen molar-refractivity contribution in [3.05, 3.63) is 71.3 Å². The number of thiocarbonyl (C=S) groups is 1. The van der Waals surface area contributed by atoms with Crippen LogP contribution in [0.3, 0.4) is 0 Å². The summed E-state index contributed by atoms with van der Waals surface area (Å²) < 4.78 is 0. The number of likely N-dealkylation sites (N-methyl/N-ethyl adjacent to an activating group) is 1. The Hall–Kier alpha value is -3.03. The average molecular weight is 423 g/mol. The van der Waals surface area contributed by atoms with Crippen LogP contribution in [0.4, 0.5) is 5.69 Å². The third-order valence-corrected chi connectivity index (χ3v) is 5.14. The molecule has 156 valence electrons. The smallest absolute Gasteiger partial charge is 0.256 e. The van der Waals surface area contributed by atoms with Gasteiger partial charge in [0.2, 0.25) is 5.91 Å². The summed E-state index contributed by atoms with van der Waals surface area (Å²) in [7, 11) is 2.05. The van der Waals surface area contributed by atoms with E-state index in [-0.39, 0.29) is 16.9 Å². The van der Waals surface area contributed by atoms with Crippen LogP contribution < -0.4 is 10.6 Å². The number of amides is 2. The van der Waals surface area contributed by atoms with Gasteiger partial charge in [0.05, 0.1) is 11.3 Å². The number of rotatable bonds is 4. The normalized spacial score (nSPS) is 14.5. The average Bonchev–Trinajstić information content (AvgIpc) is 2.74. The van der Waals surface area contributed by atoms with Gasteiger partial charge < -0.3 is 15.1 Å². The van der Waals surface area contributed by atoms with Crippen molar-refractivity contribution in [1.29, 1.82) is 0 Å². The van der Waals surface area contributed by atoms with Crippen molar-refractivity contribution in [2.75, 3.05) is 38.5 Å². The summed E-state index contributed by atoms with van der Waals surface area (Å²) in [6.07, 6.45) is 3.15. The highest BCUT2D eigenvalue weighted by Crippen LogP contribution is 2.18. The summed E-state index contributed by atoms with van der Waals surface area (Å²) in [5.74, 6) is -0.379. The number of anilines is 1. The molecule has 2 N–H and O–H groups in total. The molecule has 1 aliphatic heterocycles. The van der Waals surface area contributed by atoms with E-state index >= 15 is 0 Å². The molecule has 0 saturated carbocycles. The van der Waals surface area contributed by atoms with Crippen LogP contribution in [-0.4, -0.2) is 60.0 Å². The summed E-state index contributed by atoms with van der Waals surface area (Å²) in [6, 6.07) is 15.0. The van der Waals surface area contributed by atoms with E-state index in [0.717, 1.165) is 24.2 Å². The molecule has 2 aromatic carbocycles. The predicted molar refractivity (Wildman–Crippen MR) is 124 cm³/mol. The van der Waals surface area contributed by atoms with E-state index in [9.17, 15) is 9.59 Å². The summed E-state index contributed by atoms with van der Waals surface area (Å²) in [6.45, 7) is 5.09. The van der Waals surface area contributed by atoms with Gasteiger partial charge in [-0.1, -0.05) is 42.0 Å². The van der Waals surface area contributed by atoms with Crippen molar-refractivity contribution in [3.63, 3.8) is 0 Å². The molecule has 1 fully saturated rings. The van der Waals surface area contributed by atoms with Gasteiger partial charge in [-0.05, 0) is 50.0 Å². The summed E-state index contributed by atoms with van der Waals surface area (Å²) in [5.41, 5.74) is 3.20. The van der Waals surface area contributed by atoms with Gasteiger partial charge >= 0.3 is 0 Å². The van der Waals surface area contributed by atoms with Gasteiger partial charge in [-0.2, -0.15) is 0 Å². The third kappa shape index (κ3) is 5.98. The number of piperazine rings is 1. The SMILES string of the molecule is Cc1ccc(C=CC(=O)NC(=S)Nc2ccccc2C(=O)N2CCN(C)CC2)cc1. The third-order valence-electron chi connectivity index (χ3n) is 4.94. The molecule has 30 heavy (non-hydrogen) atoms. The number of nitrogens with one attached hydrogen (secondary N) is 2. The van der Waals surface area contributed by atoms with E-state index in [2.05, 4.69) is 15.5 Å². The highest BCUT2D eigenvalue weighted by Gasteiger charge is 2.22. The Kier molecular flexibility index (Phi) is 7.32. The van der Waals surface area contributed by atoms with Gasteiger partial charge in [-0.15, -0.1) is 0 Å². The zero-order chi connectivity index (χ0) is 21.5. The van der Waals surface area contributed by atoms with Crippen molar-refractivity contribution < 1.29 is 9.59 Å². The minimum Gasteiger partial charge on any atom is -0.336 e. The van der Waals surface area contributed by atoms with Crippen molar-refractivity contribution in [3.8, 4) is 0 Å². The summed E-state index contributed by atoms with van der Waals surface area (Å²) in [4.78, 5) is 29.2. The predicted octanol–water partition coefficient (Wildman–Crippen LogP) is 2.91. The van der Waals surface area contributed by atoms with E-state index in [1.807, 2.05) is 55.3 Å². The van der Waals surface area contributed by atoms with Crippen LogP contribution in [-0.2, 0) is 4.79 Å². The van der Waals surface area contributed by atoms with Crippen molar-refractivity contribution in [1.82, 2.24) is 15.1 Å². The Balaban J connectivity index is 1.60. The van der Waals surface area contributed by atoms with Crippen molar-refractivity contribution in [2.45, 2.75) is 6.92 Å². The largest absolute Gasteiger partial charge is 0.336 e. The molecule has 0 bridgehead atoms. The number of carbonyl (C=O) groups excluding carboxylic acids is 2. The Morgan fingerprint density at radius 1 is 1.00 bits per heavy atom. The first-order chi connectivity index (χ1) is 14.4. The number of hydrogen-bond donors (Lipinski definition) is 2. The molecule has 7 heteroatoms. The lowest BCUT2D eigenvalue weighted by Gasteiger charge is -2.32. The van der Waals surface area contributed by atoms with E-state index in [4.69, 9.17) is 12.2 Å². The van der Waals surface area contributed by atoms with E-state index in [0.29, 0.717) is 24.3 Å². The topological polar surface area (TPSA) is 64.7 Å². The number of aryl methyl sites for hydroxylation is 1. The molecule has 0 spiro atoms. The van der Waals surface area contributed by atoms with E-state index in [1.54, 1.807) is 18.2 Å². The first kappa shape index (κ1) is 21.7. The van der Waals surface area contributed by atoms with Gasteiger partial charge in [0.15, 0.2) is 5.11 Å². The zero-order valence-corrected chi connectivity index (χ0v) is 18.0. The lowest BCUT2D eigenvalue weighted by atomic mass is 10.1. The van der Waals surface area contributed by atoms with Crippen LogP contribution in [0, 0.1) is 6.92 Å². The molecule has 2 amide bonds. The quantitative estimate of drug-likeness (QED) is 0.586. The molecule has 0 aliphatic carbocycles. The van der Waals surface area contributed by atoms with Crippen molar-refractivity contribution >= 4 is 40.9 Å². The van der Waals surface area contributed by atoms with Crippen molar-refractivity contribution in [2.24, 2.45) is 0 Å². The second-order valence-electron chi connectivity index (χ2n) is 7.33. The highest BCUT2D eigenvalue weighted by molar-refractivity contribution is 7.80. The maximum Gasteiger partial charge on any atom is 0.256 e. The maximum atomic E-state index is 12.9. The van der Waals surface area contributed by atoms with Crippen LogP contribution in [0.2, 0.25) is 0 Å². The maximum absolute atomic E-state index is 12.9. The standard InChI is InChI=1S/C23H26N4O2S/c1-17-7-9-18(10-8-17)11-12-21(28)25-23(30)24-20-6-4-3-5-19(20)22(29)27-15-13-26(2)14-16-27/h3-12H,13-16H2,1-2H3,(H2,24,25,28,30). The Morgan fingerprint density at radius 3 is 2.37 bits per heavy atom. The molecule has 0 radical (unpaired) electrons. The number of nitrogens with zero attached hydrogens (tertiary/aromatic N) is 2. The summed E-state index contributed by atoms with van der Waals surface area (Å²) in [5, 5.41) is 5.75. The number of benzene rings is 2.